The molecule has 4 rings (SSSR count). The molecule has 0 radical (unpaired) electrons. The molecule has 0 unspecified atom stereocenters. The van der Waals surface area contributed by atoms with Crippen molar-refractivity contribution in [3.8, 4) is 0 Å². The minimum absolute atomic E-state index is 0.199. The van der Waals surface area contributed by atoms with Gasteiger partial charge < -0.3 is 0 Å². The van der Waals surface area contributed by atoms with Gasteiger partial charge in [-0.25, -0.2) is 4.98 Å². The smallest absolute Gasteiger partial charge is 0.257 e. The second kappa shape index (κ2) is 8.17. The molecule has 1 amide bonds. The van der Waals surface area contributed by atoms with Gasteiger partial charge in [0.05, 0.1) is 17.4 Å². The number of amides is 1. The molecule has 1 fully saturated rings. The van der Waals surface area contributed by atoms with E-state index >= 15 is 0 Å². The Morgan fingerprint density at radius 1 is 1.30 bits per heavy atom. The zero-order chi connectivity index (χ0) is 18.6. The summed E-state index contributed by atoms with van der Waals surface area (Å²) in [6.07, 6.45) is 4.03. The van der Waals surface area contributed by atoms with Gasteiger partial charge in [-0.3, -0.25) is 20.0 Å². The fraction of sp³-hybridized carbons (Fsp3) is 0.250. The van der Waals surface area contributed by atoms with Crippen molar-refractivity contribution in [2.45, 2.75) is 25.4 Å². The van der Waals surface area contributed by atoms with Gasteiger partial charge in [0.1, 0.15) is 0 Å². The lowest BCUT2D eigenvalue weighted by molar-refractivity contribution is 0.102. The van der Waals surface area contributed by atoms with E-state index in [1.54, 1.807) is 24.3 Å². The molecular formula is C20H19ClN4OS. The Labute approximate surface area is 167 Å². The van der Waals surface area contributed by atoms with Gasteiger partial charge >= 0.3 is 0 Å². The van der Waals surface area contributed by atoms with E-state index in [4.69, 9.17) is 11.6 Å². The molecule has 2 aromatic heterocycles. The van der Waals surface area contributed by atoms with Crippen LogP contribution in [0.3, 0.4) is 0 Å². The van der Waals surface area contributed by atoms with Crippen LogP contribution in [0.15, 0.2) is 54.0 Å². The van der Waals surface area contributed by atoms with E-state index in [1.807, 2.05) is 29.8 Å². The van der Waals surface area contributed by atoms with Crippen LogP contribution in [0.2, 0.25) is 5.02 Å². The van der Waals surface area contributed by atoms with E-state index in [-0.39, 0.29) is 11.9 Å². The Bertz CT molecular complexity index is 930. The highest BCUT2D eigenvalue weighted by Gasteiger charge is 2.28. The molecule has 3 aromatic rings. The molecule has 1 aliphatic heterocycles. The van der Waals surface area contributed by atoms with E-state index in [1.165, 1.54) is 11.3 Å². The summed E-state index contributed by atoms with van der Waals surface area (Å²) in [5.41, 5.74) is 2.60. The number of carbonyl (C=O) groups excluding carboxylic acids is 1. The molecule has 1 atom stereocenters. The number of thiazole rings is 1. The summed E-state index contributed by atoms with van der Waals surface area (Å²) in [6, 6.07) is 13.2. The van der Waals surface area contributed by atoms with Crippen LogP contribution in [0.1, 0.15) is 40.6 Å². The maximum absolute atomic E-state index is 12.4. The molecule has 1 N–H and O–H groups in total. The number of nitrogens with one attached hydrogen (secondary N) is 1. The van der Waals surface area contributed by atoms with Gasteiger partial charge in [-0.2, -0.15) is 0 Å². The average Bonchev–Trinajstić information content (AvgIpc) is 3.32. The van der Waals surface area contributed by atoms with Crippen LogP contribution < -0.4 is 5.32 Å². The molecule has 1 aromatic carbocycles. The average molecular weight is 399 g/mol. The van der Waals surface area contributed by atoms with E-state index in [0.717, 1.165) is 37.3 Å². The van der Waals surface area contributed by atoms with Crippen molar-refractivity contribution >= 4 is 34.0 Å². The van der Waals surface area contributed by atoms with Crippen molar-refractivity contribution in [2.75, 3.05) is 11.9 Å². The highest BCUT2D eigenvalue weighted by Crippen LogP contribution is 2.34. The first-order valence-corrected chi connectivity index (χ1v) is 10.1. The van der Waals surface area contributed by atoms with E-state index in [0.29, 0.717) is 15.7 Å². The lowest BCUT2D eigenvalue weighted by Crippen LogP contribution is -2.23. The number of anilines is 1. The molecule has 5 nitrogen and oxygen atoms in total. The number of hydrogen-bond acceptors (Lipinski definition) is 5. The van der Waals surface area contributed by atoms with Gasteiger partial charge in [-0.05, 0) is 49.7 Å². The van der Waals surface area contributed by atoms with Crippen molar-refractivity contribution in [3.05, 3.63) is 76.0 Å². The number of pyridine rings is 1. The monoisotopic (exact) mass is 398 g/mol. The highest BCUT2D eigenvalue weighted by molar-refractivity contribution is 7.14. The SMILES string of the molecule is O=C(Nc1nc([C@H]2CCCN2Cc2ccccn2)cs1)c1cccc(Cl)c1. The summed E-state index contributed by atoms with van der Waals surface area (Å²) in [5.74, 6) is -0.199. The van der Waals surface area contributed by atoms with Crippen LogP contribution in [-0.2, 0) is 6.54 Å². The quantitative estimate of drug-likeness (QED) is 0.671. The first kappa shape index (κ1) is 18.1. The maximum Gasteiger partial charge on any atom is 0.257 e. The van der Waals surface area contributed by atoms with E-state index in [9.17, 15) is 4.79 Å². The zero-order valence-electron chi connectivity index (χ0n) is 14.6. The number of benzene rings is 1. The Morgan fingerprint density at radius 2 is 2.22 bits per heavy atom. The summed E-state index contributed by atoms with van der Waals surface area (Å²) >= 11 is 7.41. The second-order valence-electron chi connectivity index (χ2n) is 6.49. The summed E-state index contributed by atoms with van der Waals surface area (Å²) in [5, 5.41) is 6.06. The lowest BCUT2D eigenvalue weighted by atomic mass is 10.1. The van der Waals surface area contributed by atoms with E-state index < -0.39 is 0 Å². The second-order valence-corrected chi connectivity index (χ2v) is 7.79. The van der Waals surface area contributed by atoms with Gasteiger partial charge in [-0.15, -0.1) is 11.3 Å². The minimum atomic E-state index is -0.199. The molecule has 1 aliphatic rings. The Kier molecular flexibility index (Phi) is 5.48. The first-order chi connectivity index (χ1) is 13.2. The van der Waals surface area contributed by atoms with Crippen molar-refractivity contribution < 1.29 is 4.79 Å². The predicted octanol–water partition coefficient (Wildman–Crippen LogP) is 4.78. The molecular weight excluding hydrogens is 380 g/mol. The molecule has 0 saturated carbocycles. The normalized spacial score (nSPS) is 17.1. The third kappa shape index (κ3) is 4.35. The number of hydrogen-bond donors (Lipinski definition) is 1. The van der Waals surface area contributed by atoms with Crippen molar-refractivity contribution in [1.82, 2.24) is 14.9 Å². The first-order valence-electron chi connectivity index (χ1n) is 8.85. The number of nitrogens with zero attached hydrogens (tertiary/aromatic N) is 3. The zero-order valence-corrected chi connectivity index (χ0v) is 16.2. The third-order valence-corrected chi connectivity index (χ3v) is 5.64. The number of aromatic nitrogens is 2. The van der Waals surface area contributed by atoms with E-state index in [2.05, 4.69) is 20.2 Å². The summed E-state index contributed by atoms with van der Waals surface area (Å²) in [6.45, 7) is 1.84. The third-order valence-electron chi connectivity index (χ3n) is 4.63. The molecule has 27 heavy (non-hydrogen) atoms. The van der Waals surface area contributed by atoms with Gasteiger partial charge in [0.2, 0.25) is 0 Å². The maximum atomic E-state index is 12.4. The summed E-state index contributed by atoms with van der Waals surface area (Å²) in [4.78, 5) is 23.9. The minimum Gasteiger partial charge on any atom is -0.298 e. The van der Waals surface area contributed by atoms with Crippen LogP contribution in [0, 0.1) is 0 Å². The van der Waals surface area contributed by atoms with Crippen LogP contribution in [0.25, 0.3) is 0 Å². The molecule has 0 bridgehead atoms. The molecule has 0 spiro atoms. The number of rotatable bonds is 5. The van der Waals surface area contributed by atoms with Crippen molar-refractivity contribution in [2.24, 2.45) is 0 Å². The highest BCUT2D eigenvalue weighted by atomic mass is 35.5. The Hall–Kier alpha value is -2.28. The van der Waals surface area contributed by atoms with Gasteiger partial charge in [-0.1, -0.05) is 23.7 Å². The van der Waals surface area contributed by atoms with Crippen LogP contribution in [0.4, 0.5) is 5.13 Å². The molecule has 138 valence electrons. The van der Waals surface area contributed by atoms with Gasteiger partial charge in [0.15, 0.2) is 5.13 Å². The van der Waals surface area contributed by atoms with Gasteiger partial charge in [0, 0.05) is 28.7 Å². The summed E-state index contributed by atoms with van der Waals surface area (Å²) < 4.78 is 0. The molecule has 3 heterocycles. The lowest BCUT2D eigenvalue weighted by Gasteiger charge is -2.22. The number of halogens is 1. The van der Waals surface area contributed by atoms with Crippen LogP contribution in [0.5, 0.6) is 0 Å². The molecule has 7 heteroatoms. The topological polar surface area (TPSA) is 58.1 Å². The van der Waals surface area contributed by atoms with Gasteiger partial charge in [0.25, 0.3) is 5.91 Å². The summed E-state index contributed by atoms with van der Waals surface area (Å²) in [7, 11) is 0. The molecule has 1 saturated heterocycles. The standard InChI is InChI=1S/C20H19ClN4OS/c21-15-6-3-5-14(11-15)19(26)24-20-23-17(13-27-20)18-8-4-10-25(18)12-16-7-1-2-9-22-16/h1-3,5-7,9,11,13,18H,4,8,10,12H2,(H,23,24,26)/t18-/m1/s1. The predicted molar refractivity (Wildman–Crippen MR) is 108 cm³/mol. The van der Waals surface area contributed by atoms with Crippen molar-refractivity contribution in [1.29, 1.82) is 0 Å². The fourth-order valence-electron chi connectivity index (χ4n) is 3.35. The molecule has 0 aliphatic carbocycles. The van der Waals surface area contributed by atoms with Crippen LogP contribution >= 0.6 is 22.9 Å². The Morgan fingerprint density at radius 3 is 3.04 bits per heavy atom. The largest absolute Gasteiger partial charge is 0.298 e. The Balaban J connectivity index is 1.44. The number of carbonyl (C=O) groups is 1. The van der Waals surface area contributed by atoms with Crippen molar-refractivity contribution in [3.63, 3.8) is 0 Å². The number of likely N-dealkylation sites (tertiary alicyclic amines) is 1. The fourth-order valence-corrected chi connectivity index (χ4v) is 4.29. The van der Waals surface area contributed by atoms with Crippen LogP contribution in [-0.4, -0.2) is 27.3 Å².